The molecule has 1 aromatic heterocycles. The quantitative estimate of drug-likeness (QED) is 0.726. The van der Waals surface area contributed by atoms with Crippen LogP contribution < -0.4 is 16.1 Å². The lowest BCUT2D eigenvalue weighted by atomic mass is 10.1. The van der Waals surface area contributed by atoms with Gasteiger partial charge in [0.15, 0.2) is 11.2 Å². The molecule has 0 atom stereocenters. The molecule has 142 valence electrons. The maximum absolute atomic E-state index is 12.7. The number of hydrogen-bond acceptors (Lipinski definition) is 4. The fourth-order valence-corrected chi connectivity index (χ4v) is 3.52. The highest BCUT2D eigenvalue weighted by Gasteiger charge is 2.21. The van der Waals surface area contributed by atoms with E-state index >= 15 is 0 Å². The minimum Gasteiger partial charge on any atom is -0.451 e. The van der Waals surface area contributed by atoms with Crippen molar-refractivity contribution in [2.24, 2.45) is 0 Å². The Kier molecular flexibility index (Phi) is 4.93. The molecule has 2 N–H and O–H groups in total. The molecule has 0 aliphatic heterocycles. The summed E-state index contributed by atoms with van der Waals surface area (Å²) in [6.07, 6.45) is 4.18. The van der Waals surface area contributed by atoms with Crippen LogP contribution in [0.1, 0.15) is 46.6 Å². The number of amides is 2. The Morgan fingerprint density at radius 3 is 2.46 bits per heavy atom. The summed E-state index contributed by atoms with van der Waals surface area (Å²) in [5.41, 5.74) is 0.802. The Balaban J connectivity index is 1.58. The minimum atomic E-state index is -0.580. The average Bonchev–Trinajstić information content (AvgIpc) is 3.21. The molecule has 2 amide bonds. The molecule has 0 unspecified atom stereocenters. The van der Waals surface area contributed by atoms with E-state index < -0.39 is 5.91 Å². The van der Waals surface area contributed by atoms with Crippen molar-refractivity contribution in [2.45, 2.75) is 31.7 Å². The van der Waals surface area contributed by atoms with Crippen LogP contribution in [-0.4, -0.2) is 17.9 Å². The summed E-state index contributed by atoms with van der Waals surface area (Å²) in [7, 11) is 0. The van der Waals surface area contributed by atoms with E-state index in [9.17, 15) is 14.4 Å². The average molecular weight is 376 g/mol. The zero-order chi connectivity index (χ0) is 19.5. The van der Waals surface area contributed by atoms with Crippen molar-refractivity contribution in [3.05, 3.63) is 76.1 Å². The molecule has 4 rings (SSSR count). The molecule has 0 spiro atoms. The molecule has 2 aromatic carbocycles. The number of rotatable bonds is 4. The van der Waals surface area contributed by atoms with Gasteiger partial charge in [-0.3, -0.25) is 14.4 Å². The minimum absolute atomic E-state index is 0.102. The van der Waals surface area contributed by atoms with Crippen LogP contribution in [-0.2, 0) is 0 Å². The smallest absolute Gasteiger partial charge is 0.291 e. The van der Waals surface area contributed by atoms with Crippen LogP contribution in [0.25, 0.3) is 11.0 Å². The Hall–Kier alpha value is -3.41. The number of carbonyl (C=O) groups excluding carboxylic acids is 2. The molecule has 0 saturated heterocycles. The maximum Gasteiger partial charge on any atom is 0.291 e. The van der Waals surface area contributed by atoms with Crippen LogP contribution in [0.15, 0.2) is 63.8 Å². The Morgan fingerprint density at radius 1 is 0.929 bits per heavy atom. The van der Waals surface area contributed by atoms with E-state index in [4.69, 9.17) is 4.42 Å². The van der Waals surface area contributed by atoms with E-state index in [1.807, 2.05) is 0 Å². The van der Waals surface area contributed by atoms with Crippen molar-refractivity contribution >= 4 is 28.5 Å². The number of nitrogens with one attached hydrogen (secondary N) is 2. The van der Waals surface area contributed by atoms with Crippen molar-refractivity contribution in [3.63, 3.8) is 0 Å². The van der Waals surface area contributed by atoms with Crippen molar-refractivity contribution in [3.8, 4) is 0 Å². The second-order valence-corrected chi connectivity index (χ2v) is 6.93. The van der Waals surface area contributed by atoms with Crippen molar-refractivity contribution in [1.29, 1.82) is 0 Å². The summed E-state index contributed by atoms with van der Waals surface area (Å²) in [5.74, 6) is -0.901. The van der Waals surface area contributed by atoms with Gasteiger partial charge < -0.3 is 15.1 Å². The molecule has 1 saturated carbocycles. The van der Waals surface area contributed by atoms with Gasteiger partial charge in [-0.1, -0.05) is 37.1 Å². The van der Waals surface area contributed by atoms with Gasteiger partial charge in [0, 0.05) is 12.1 Å². The van der Waals surface area contributed by atoms with Crippen LogP contribution >= 0.6 is 0 Å². The van der Waals surface area contributed by atoms with E-state index in [1.54, 1.807) is 48.5 Å². The lowest BCUT2D eigenvalue weighted by Gasteiger charge is -2.15. The summed E-state index contributed by atoms with van der Waals surface area (Å²) >= 11 is 0. The molecule has 1 fully saturated rings. The van der Waals surface area contributed by atoms with Crippen molar-refractivity contribution < 1.29 is 14.0 Å². The molecule has 0 radical (unpaired) electrons. The largest absolute Gasteiger partial charge is 0.451 e. The summed E-state index contributed by atoms with van der Waals surface area (Å²) in [4.78, 5) is 37.5. The van der Waals surface area contributed by atoms with Gasteiger partial charge in [-0.2, -0.15) is 0 Å². The molecule has 1 aliphatic carbocycles. The number of hydrogen-bond donors (Lipinski definition) is 2. The first-order chi connectivity index (χ1) is 13.6. The Bertz CT molecular complexity index is 1100. The van der Waals surface area contributed by atoms with E-state index in [-0.39, 0.29) is 23.1 Å². The van der Waals surface area contributed by atoms with Crippen LogP contribution in [0.5, 0.6) is 0 Å². The third-order valence-corrected chi connectivity index (χ3v) is 4.97. The van der Waals surface area contributed by atoms with E-state index in [0.29, 0.717) is 22.2 Å². The summed E-state index contributed by atoms with van der Waals surface area (Å²) in [5, 5.41) is 6.12. The molecular weight excluding hydrogens is 356 g/mol. The fraction of sp³-hybridized carbons (Fsp3) is 0.227. The molecule has 6 nitrogen and oxygen atoms in total. The highest BCUT2D eigenvalue weighted by atomic mass is 16.3. The highest BCUT2D eigenvalue weighted by molar-refractivity contribution is 6.08. The first-order valence-electron chi connectivity index (χ1n) is 9.36. The predicted octanol–water partition coefficient (Wildman–Crippen LogP) is 3.72. The topological polar surface area (TPSA) is 88.4 Å². The molecule has 6 heteroatoms. The Labute approximate surface area is 161 Å². The first-order valence-corrected chi connectivity index (χ1v) is 9.36. The van der Waals surface area contributed by atoms with Crippen molar-refractivity contribution in [1.82, 2.24) is 5.32 Å². The van der Waals surface area contributed by atoms with Gasteiger partial charge in [0.25, 0.3) is 11.8 Å². The van der Waals surface area contributed by atoms with Crippen LogP contribution in [0, 0.1) is 0 Å². The SMILES string of the molecule is O=C(Nc1ccccc1C(=O)NC1CCCC1)c1cc(=O)c2ccccc2o1. The third kappa shape index (κ3) is 3.67. The second kappa shape index (κ2) is 7.68. The number of benzene rings is 2. The number of fused-ring (bicyclic) bond motifs is 1. The van der Waals surface area contributed by atoms with Gasteiger partial charge in [0.2, 0.25) is 0 Å². The number of carbonyl (C=O) groups is 2. The predicted molar refractivity (Wildman–Crippen MR) is 107 cm³/mol. The van der Waals surface area contributed by atoms with E-state index in [0.717, 1.165) is 25.7 Å². The lowest BCUT2D eigenvalue weighted by molar-refractivity contribution is 0.0938. The third-order valence-electron chi connectivity index (χ3n) is 4.97. The van der Waals surface area contributed by atoms with E-state index in [1.165, 1.54) is 6.07 Å². The monoisotopic (exact) mass is 376 g/mol. The van der Waals surface area contributed by atoms with Gasteiger partial charge in [0.05, 0.1) is 16.6 Å². The van der Waals surface area contributed by atoms with E-state index in [2.05, 4.69) is 10.6 Å². The fourth-order valence-electron chi connectivity index (χ4n) is 3.52. The van der Waals surface area contributed by atoms with Gasteiger partial charge >= 0.3 is 0 Å². The Morgan fingerprint density at radius 2 is 1.64 bits per heavy atom. The van der Waals surface area contributed by atoms with Gasteiger partial charge in [0.1, 0.15) is 5.58 Å². The van der Waals surface area contributed by atoms with Crippen LogP contribution in [0.4, 0.5) is 5.69 Å². The molecule has 1 aliphatic rings. The highest BCUT2D eigenvalue weighted by Crippen LogP contribution is 2.21. The lowest BCUT2D eigenvalue weighted by Crippen LogP contribution is -2.33. The van der Waals surface area contributed by atoms with Gasteiger partial charge in [-0.15, -0.1) is 0 Å². The van der Waals surface area contributed by atoms with Crippen LogP contribution in [0.3, 0.4) is 0 Å². The zero-order valence-electron chi connectivity index (χ0n) is 15.2. The maximum atomic E-state index is 12.7. The van der Waals surface area contributed by atoms with Crippen molar-refractivity contribution in [2.75, 3.05) is 5.32 Å². The number of para-hydroxylation sites is 2. The first kappa shape index (κ1) is 18.0. The summed E-state index contributed by atoms with van der Waals surface area (Å²) in [6, 6.07) is 14.9. The second-order valence-electron chi connectivity index (χ2n) is 6.93. The zero-order valence-corrected chi connectivity index (χ0v) is 15.2. The molecule has 28 heavy (non-hydrogen) atoms. The van der Waals surface area contributed by atoms with Gasteiger partial charge in [-0.05, 0) is 37.1 Å². The molecule has 0 bridgehead atoms. The van der Waals surface area contributed by atoms with Crippen LogP contribution in [0.2, 0.25) is 0 Å². The molecule has 3 aromatic rings. The van der Waals surface area contributed by atoms with Gasteiger partial charge in [-0.25, -0.2) is 0 Å². The molecular formula is C22H20N2O4. The normalized spacial score (nSPS) is 14.1. The summed E-state index contributed by atoms with van der Waals surface area (Å²) < 4.78 is 5.57. The standard InChI is InChI=1S/C22H20N2O4/c25-18-13-20(28-19-12-6-4-10-16(18)19)22(27)24-17-11-5-3-9-15(17)21(26)23-14-7-1-2-8-14/h3-6,9-14H,1-2,7-8H2,(H,23,26)(H,24,27). The number of anilines is 1. The molecule has 1 heterocycles. The summed E-state index contributed by atoms with van der Waals surface area (Å²) in [6.45, 7) is 0.